The van der Waals surface area contributed by atoms with Crippen molar-refractivity contribution in [2.45, 2.75) is 18.9 Å². The Balaban J connectivity index is 1.36. The molecule has 184 valence electrons. The second-order valence-corrected chi connectivity index (χ2v) is 8.32. The number of carbonyl (C=O) groups is 4. The van der Waals surface area contributed by atoms with Gasteiger partial charge in [-0.1, -0.05) is 12.1 Å². The molecule has 2 aliphatic heterocycles. The van der Waals surface area contributed by atoms with E-state index < -0.39 is 23.8 Å². The number of carbonyl (C=O) groups excluding carboxylic acids is 3. The Morgan fingerprint density at radius 3 is 2.11 bits per heavy atom. The Bertz CT molecular complexity index is 1120. The van der Waals surface area contributed by atoms with Crippen LogP contribution in [-0.4, -0.2) is 85.0 Å². The molecule has 10 nitrogen and oxygen atoms in total. The quantitative estimate of drug-likeness (QED) is 0.568. The zero-order valence-electron chi connectivity index (χ0n) is 19.6. The molecule has 0 radical (unpaired) electrons. The maximum Gasteiger partial charge on any atom is 0.326 e. The maximum absolute atomic E-state index is 12.9. The first-order valence-electron chi connectivity index (χ1n) is 11.3. The molecule has 1 fully saturated rings. The maximum atomic E-state index is 12.9. The van der Waals surface area contributed by atoms with Gasteiger partial charge in [-0.3, -0.25) is 19.3 Å². The highest BCUT2D eigenvalue weighted by atomic mass is 16.5. The fourth-order valence-corrected chi connectivity index (χ4v) is 4.52. The molecular weight excluding hydrogens is 454 g/mol. The van der Waals surface area contributed by atoms with Crippen LogP contribution in [0.15, 0.2) is 42.5 Å². The predicted molar refractivity (Wildman–Crippen MR) is 126 cm³/mol. The summed E-state index contributed by atoms with van der Waals surface area (Å²) in [6, 6.07) is 10.4. The summed E-state index contributed by atoms with van der Waals surface area (Å²) in [4.78, 5) is 54.7. The van der Waals surface area contributed by atoms with Crippen molar-refractivity contribution in [3.8, 4) is 11.5 Å². The predicted octanol–water partition coefficient (Wildman–Crippen LogP) is 1.88. The monoisotopic (exact) mass is 481 g/mol. The number of anilines is 1. The van der Waals surface area contributed by atoms with Gasteiger partial charge in [0.05, 0.1) is 31.0 Å². The van der Waals surface area contributed by atoms with Crippen LogP contribution in [0, 0.1) is 0 Å². The molecule has 0 bridgehead atoms. The van der Waals surface area contributed by atoms with E-state index >= 15 is 0 Å². The lowest BCUT2D eigenvalue weighted by atomic mass is 10.1. The van der Waals surface area contributed by atoms with Gasteiger partial charge < -0.3 is 24.4 Å². The third-order valence-corrected chi connectivity index (χ3v) is 6.41. The van der Waals surface area contributed by atoms with Gasteiger partial charge in [-0.25, -0.2) is 4.79 Å². The van der Waals surface area contributed by atoms with Crippen molar-refractivity contribution in [3.63, 3.8) is 0 Å². The van der Waals surface area contributed by atoms with Crippen molar-refractivity contribution >= 4 is 29.4 Å². The van der Waals surface area contributed by atoms with E-state index in [0.717, 1.165) is 10.6 Å². The molecule has 0 aromatic heterocycles. The minimum absolute atomic E-state index is 0.0871. The molecule has 2 heterocycles. The molecule has 0 unspecified atom stereocenters. The number of carboxylic acids is 1. The lowest BCUT2D eigenvalue weighted by Gasteiger charge is -2.37. The number of methoxy groups -OCH3 is 2. The van der Waals surface area contributed by atoms with Gasteiger partial charge in [0.2, 0.25) is 5.91 Å². The minimum Gasteiger partial charge on any atom is -0.497 e. The van der Waals surface area contributed by atoms with Gasteiger partial charge in [0, 0.05) is 38.7 Å². The molecule has 10 heteroatoms. The summed E-state index contributed by atoms with van der Waals surface area (Å²) in [6.45, 7) is 2.07. The van der Waals surface area contributed by atoms with Crippen LogP contribution in [0.3, 0.4) is 0 Å². The van der Waals surface area contributed by atoms with Crippen LogP contribution >= 0.6 is 0 Å². The van der Waals surface area contributed by atoms with E-state index in [1.54, 1.807) is 37.3 Å². The molecule has 2 aromatic carbocycles. The number of ether oxygens (including phenoxy) is 2. The number of hydrogen-bond acceptors (Lipinski definition) is 7. The van der Waals surface area contributed by atoms with Gasteiger partial charge in [-0.2, -0.15) is 0 Å². The van der Waals surface area contributed by atoms with E-state index in [-0.39, 0.29) is 29.9 Å². The first-order valence-corrected chi connectivity index (χ1v) is 11.3. The smallest absolute Gasteiger partial charge is 0.326 e. The number of rotatable bonds is 8. The Labute approximate surface area is 202 Å². The third-order valence-electron chi connectivity index (χ3n) is 6.41. The highest BCUT2D eigenvalue weighted by Gasteiger charge is 2.42. The highest BCUT2D eigenvalue weighted by Crippen LogP contribution is 2.33. The van der Waals surface area contributed by atoms with E-state index in [2.05, 4.69) is 4.90 Å². The van der Waals surface area contributed by atoms with Crippen LogP contribution in [0.25, 0.3) is 0 Å². The van der Waals surface area contributed by atoms with E-state index in [1.807, 2.05) is 12.1 Å². The van der Waals surface area contributed by atoms with Crippen molar-refractivity contribution in [1.29, 1.82) is 0 Å². The topological polar surface area (TPSA) is 117 Å². The molecule has 0 spiro atoms. The van der Waals surface area contributed by atoms with E-state index in [9.17, 15) is 24.3 Å². The SMILES string of the molecule is COc1ccc(N2CCN(C(=O)CC[C@@H](C(=O)O)N3C(=O)c4ccccc4C3=O)CC2)c(OC)c1. The summed E-state index contributed by atoms with van der Waals surface area (Å²) in [5.41, 5.74) is 1.26. The van der Waals surface area contributed by atoms with E-state index in [1.165, 1.54) is 12.1 Å². The molecule has 1 N–H and O–H groups in total. The molecule has 1 saturated heterocycles. The summed E-state index contributed by atoms with van der Waals surface area (Å²) in [5, 5.41) is 9.72. The lowest BCUT2D eigenvalue weighted by Crippen LogP contribution is -2.50. The number of aliphatic carboxylic acids is 1. The number of imide groups is 1. The van der Waals surface area contributed by atoms with Crippen LogP contribution in [-0.2, 0) is 9.59 Å². The molecule has 2 aliphatic rings. The fourth-order valence-electron chi connectivity index (χ4n) is 4.52. The Morgan fingerprint density at radius 2 is 1.57 bits per heavy atom. The highest BCUT2D eigenvalue weighted by molar-refractivity contribution is 6.22. The first-order chi connectivity index (χ1) is 16.8. The Hall–Kier alpha value is -4.08. The molecule has 3 amide bonds. The molecule has 35 heavy (non-hydrogen) atoms. The molecule has 0 aliphatic carbocycles. The summed E-state index contributed by atoms with van der Waals surface area (Å²) >= 11 is 0. The fraction of sp³-hybridized carbons (Fsp3) is 0.360. The molecule has 0 saturated carbocycles. The summed E-state index contributed by atoms with van der Waals surface area (Å²) < 4.78 is 10.7. The Kier molecular flexibility index (Phi) is 6.90. The van der Waals surface area contributed by atoms with Crippen LogP contribution in [0.4, 0.5) is 5.69 Å². The average Bonchev–Trinajstić information content (AvgIpc) is 3.13. The standard InChI is InChI=1S/C25H27N3O7/c1-34-16-7-8-19(21(15-16)35-2)26-11-13-27(14-12-26)22(29)10-9-20(25(32)33)28-23(30)17-5-3-4-6-18(17)24(28)31/h3-8,15,20H,9-14H2,1-2H3,(H,32,33)/t20-/m0/s1. The number of benzene rings is 2. The van der Waals surface area contributed by atoms with E-state index in [4.69, 9.17) is 9.47 Å². The average molecular weight is 482 g/mol. The summed E-state index contributed by atoms with van der Waals surface area (Å²) in [6.07, 6.45) is -0.234. The zero-order chi connectivity index (χ0) is 25.1. The minimum atomic E-state index is -1.41. The number of hydrogen-bond donors (Lipinski definition) is 1. The van der Waals surface area contributed by atoms with Gasteiger partial charge >= 0.3 is 5.97 Å². The lowest BCUT2D eigenvalue weighted by molar-refractivity contribution is -0.142. The summed E-state index contributed by atoms with van der Waals surface area (Å²) in [7, 11) is 3.17. The van der Waals surface area contributed by atoms with Crippen molar-refractivity contribution in [2.75, 3.05) is 45.3 Å². The molecule has 1 atom stereocenters. The van der Waals surface area contributed by atoms with Gasteiger partial charge in [0.25, 0.3) is 11.8 Å². The largest absolute Gasteiger partial charge is 0.497 e. The van der Waals surface area contributed by atoms with Gasteiger partial charge in [-0.15, -0.1) is 0 Å². The van der Waals surface area contributed by atoms with E-state index in [0.29, 0.717) is 37.7 Å². The van der Waals surface area contributed by atoms with Gasteiger partial charge in [-0.05, 0) is 30.7 Å². The normalized spacial score (nSPS) is 16.2. The number of nitrogens with zero attached hydrogens (tertiary/aromatic N) is 3. The van der Waals surface area contributed by atoms with Crippen LogP contribution in [0.1, 0.15) is 33.6 Å². The third kappa shape index (κ3) is 4.64. The second-order valence-electron chi connectivity index (χ2n) is 8.32. The number of amides is 3. The number of carboxylic acid groups (broad SMARTS) is 1. The van der Waals surface area contributed by atoms with Gasteiger partial charge in [0.15, 0.2) is 0 Å². The zero-order valence-corrected chi connectivity index (χ0v) is 19.6. The summed E-state index contributed by atoms with van der Waals surface area (Å²) in [5.74, 6) is -1.46. The van der Waals surface area contributed by atoms with Crippen molar-refractivity contribution in [1.82, 2.24) is 9.80 Å². The molecular formula is C25H27N3O7. The number of piperazine rings is 1. The van der Waals surface area contributed by atoms with Gasteiger partial charge in [0.1, 0.15) is 17.5 Å². The first kappa shape index (κ1) is 24.1. The number of fused-ring (bicyclic) bond motifs is 1. The van der Waals surface area contributed by atoms with Crippen LogP contribution in [0.2, 0.25) is 0 Å². The Morgan fingerprint density at radius 1 is 0.943 bits per heavy atom. The van der Waals surface area contributed by atoms with Crippen molar-refractivity contribution < 1.29 is 33.8 Å². The second kappa shape index (κ2) is 10.0. The van der Waals surface area contributed by atoms with Crippen LogP contribution in [0.5, 0.6) is 11.5 Å². The van der Waals surface area contributed by atoms with Crippen molar-refractivity contribution in [3.05, 3.63) is 53.6 Å². The molecule has 4 rings (SSSR count). The molecule has 2 aromatic rings. The van der Waals surface area contributed by atoms with Crippen LogP contribution < -0.4 is 14.4 Å². The van der Waals surface area contributed by atoms with Crippen molar-refractivity contribution in [2.24, 2.45) is 0 Å².